The van der Waals surface area contributed by atoms with Crippen LogP contribution in [-0.2, 0) is 4.74 Å². The van der Waals surface area contributed by atoms with Crippen molar-refractivity contribution in [3.05, 3.63) is 0 Å². The lowest BCUT2D eigenvalue weighted by Crippen LogP contribution is -2.43. The number of fused-ring (bicyclic) bond motifs is 2. The van der Waals surface area contributed by atoms with Gasteiger partial charge in [0.25, 0.3) is 0 Å². The van der Waals surface area contributed by atoms with Gasteiger partial charge in [-0.25, -0.2) is 4.79 Å². The molecule has 0 aromatic carbocycles. The molecule has 3 heteroatoms. The van der Waals surface area contributed by atoms with E-state index in [2.05, 4.69) is 26.1 Å². The zero-order valence-electron chi connectivity index (χ0n) is 13.2. The van der Waals surface area contributed by atoms with E-state index in [0.717, 1.165) is 25.2 Å². The quantitative estimate of drug-likeness (QED) is 0.820. The zero-order chi connectivity index (χ0) is 14.4. The Morgan fingerprint density at radius 3 is 2.35 bits per heavy atom. The lowest BCUT2D eigenvalue weighted by atomic mass is 9.70. The van der Waals surface area contributed by atoms with Crippen LogP contribution in [0.4, 0.5) is 4.79 Å². The maximum atomic E-state index is 12.2. The fourth-order valence-corrected chi connectivity index (χ4v) is 4.89. The van der Waals surface area contributed by atoms with Gasteiger partial charge in [-0.2, -0.15) is 0 Å². The predicted molar refractivity (Wildman–Crippen MR) is 79.5 cm³/mol. The van der Waals surface area contributed by atoms with Crippen LogP contribution in [-0.4, -0.2) is 18.2 Å². The van der Waals surface area contributed by atoms with E-state index in [-0.39, 0.29) is 17.6 Å². The van der Waals surface area contributed by atoms with Crippen LogP contribution >= 0.6 is 0 Å². The van der Waals surface area contributed by atoms with Crippen LogP contribution in [0.3, 0.4) is 0 Å². The number of alkyl carbamates (subject to hydrolysis) is 1. The molecule has 0 aromatic rings. The Balaban J connectivity index is 1.57. The largest absolute Gasteiger partial charge is 0.446 e. The van der Waals surface area contributed by atoms with Crippen molar-refractivity contribution in [2.75, 3.05) is 0 Å². The normalized spacial score (nSPS) is 39.8. The van der Waals surface area contributed by atoms with Crippen LogP contribution in [0, 0.1) is 16.7 Å². The second-order valence-electron chi connectivity index (χ2n) is 7.98. The molecule has 3 rings (SSSR count). The van der Waals surface area contributed by atoms with E-state index in [0.29, 0.717) is 11.5 Å². The van der Waals surface area contributed by atoms with Crippen LogP contribution < -0.4 is 5.32 Å². The smallest absolute Gasteiger partial charge is 0.407 e. The van der Waals surface area contributed by atoms with Gasteiger partial charge in [0.15, 0.2) is 0 Å². The number of nitrogens with one attached hydrogen (secondary N) is 1. The maximum absolute atomic E-state index is 12.2. The lowest BCUT2D eigenvalue weighted by molar-refractivity contribution is -0.00567. The molecule has 1 amide bonds. The van der Waals surface area contributed by atoms with Crippen molar-refractivity contribution in [1.82, 2.24) is 5.32 Å². The Morgan fingerprint density at radius 1 is 1.10 bits per heavy atom. The predicted octanol–water partition coefficient (Wildman–Crippen LogP) is 4.26. The fourth-order valence-electron chi connectivity index (χ4n) is 4.89. The van der Waals surface area contributed by atoms with E-state index >= 15 is 0 Å². The van der Waals surface area contributed by atoms with Gasteiger partial charge in [-0.15, -0.1) is 0 Å². The molecule has 0 radical (unpaired) electrons. The average molecular weight is 279 g/mol. The van der Waals surface area contributed by atoms with Crippen molar-refractivity contribution >= 4 is 6.09 Å². The summed E-state index contributed by atoms with van der Waals surface area (Å²) in [7, 11) is 0. The van der Waals surface area contributed by atoms with Gasteiger partial charge < -0.3 is 10.1 Å². The Kier molecular flexibility index (Phi) is 3.50. The van der Waals surface area contributed by atoms with Crippen LogP contribution in [0.1, 0.15) is 72.1 Å². The van der Waals surface area contributed by atoms with E-state index < -0.39 is 0 Å². The molecule has 0 aliphatic heterocycles. The fraction of sp³-hybridized carbons (Fsp3) is 0.941. The highest BCUT2D eigenvalue weighted by Gasteiger charge is 2.62. The molecule has 3 fully saturated rings. The Bertz CT molecular complexity index is 386. The molecule has 0 aromatic heterocycles. The first-order chi connectivity index (χ1) is 9.43. The van der Waals surface area contributed by atoms with E-state index in [1.165, 1.54) is 32.1 Å². The lowest BCUT2D eigenvalue weighted by Gasteiger charge is -2.38. The number of carbonyl (C=O) groups excluding carboxylic acids is 1. The van der Waals surface area contributed by atoms with Crippen LogP contribution in [0.5, 0.6) is 0 Å². The van der Waals surface area contributed by atoms with E-state index in [9.17, 15) is 4.79 Å². The minimum absolute atomic E-state index is 0.111. The second kappa shape index (κ2) is 4.92. The highest BCUT2D eigenvalue weighted by atomic mass is 16.6. The summed E-state index contributed by atoms with van der Waals surface area (Å²) in [4.78, 5) is 12.2. The minimum atomic E-state index is -0.175. The van der Waals surface area contributed by atoms with Crippen molar-refractivity contribution in [3.63, 3.8) is 0 Å². The SMILES string of the molecule is CC1(C)[C@H]2CC[C@@]1(C)[C@@H](OC(=O)NC1CCCCC1)C2. The summed E-state index contributed by atoms with van der Waals surface area (Å²) < 4.78 is 5.84. The van der Waals surface area contributed by atoms with Gasteiger partial charge in [0, 0.05) is 11.5 Å². The van der Waals surface area contributed by atoms with Gasteiger partial charge in [0.2, 0.25) is 0 Å². The molecule has 0 saturated heterocycles. The first-order valence-corrected chi connectivity index (χ1v) is 8.40. The zero-order valence-corrected chi connectivity index (χ0v) is 13.2. The standard InChI is InChI=1S/C17H29NO2/c1-16(2)12-9-10-17(16,3)14(11-12)20-15(19)18-13-7-5-4-6-8-13/h12-14H,4-11H2,1-3H3,(H,18,19)/t12-,14-,17-/m0/s1. The Morgan fingerprint density at radius 2 is 1.80 bits per heavy atom. The van der Waals surface area contributed by atoms with Gasteiger partial charge in [-0.3, -0.25) is 0 Å². The first-order valence-electron chi connectivity index (χ1n) is 8.40. The molecule has 0 heterocycles. The minimum Gasteiger partial charge on any atom is -0.446 e. The molecule has 0 spiro atoms. The van der Waals surface area contributed by atoms with Crippen molar-refractivity contribution < 1.29 is 9.53 Å². The molecule has 0 unspecified atom stereocenters. The number of ether oxygens (including phenoxy) is 1. The third-order valence-corrected chi connectivity index (χ3v) is 6.89. The third kappa shape index (κ3) is 2.14. The van der Waals surface area contributed by atoms with E-state index in [4.69, 9.17) is 4.74 Å². The molecular weight excluding hydrogens is 250 g/mol. The summed E-state index contributed by atoms with van der Waals surface area (Å²) in [6, 6.07) is 0.343. The summed E-state index contributed by atoms with van der Waals surface area (Å²) in [6.45, 7) is 7.03. The van der Waals surface area contributed by atoms with Crippen molar-refractivity contribution in [3.8, 4) is 0 Å². The van der Waals surface area contributed by atoms with Crippen LogP contribution in [0.2, 0.25) is 0 Å². The van der Waals surface area contributed by atoms with Crippen LogP contribution in [0.15, 0.2) is 0 Å². The van der Waals surface area contributed by atoms with Gasteiger partial charge in [-0.1, -0.05) is 40.0 Å². The molecular formula is C17H29NO2. The molecule has 3 nitrogen and oxygen atoms in total. The molecule has 1 N–H and O–H groups in total. The second-order valence-corrected chi connectivity index (χ2v) is 7.98. The van der Waals surface area contributed by atoms with E-state index in [1.54, 1.807) is 0 Å². The first kappa shape index (κ1) is 14.2. The molecule has 3 saturated carbocycles. The highest BCUT2D eigenvalue weighted by Crippen LogP contribution is 2.66. The number of rotatable bonds is 2. The van der Waals surface area contributed by atoms with Crippen molar-refractivity contribution in [2.45, 2.75) is 84.3 Å². The van der Waals surface area contributed by atoms with E-state index in [1.807, 2.05) is 0 Å². The highest BCUT2D eigenvalue weighted by molar-refractivity contribution is 5.68. The number of hydrogen-bond acceptors (Lipinski definition) is 2. The number of carbonyl (C=O) groups is 1. The van der Waals surface area contributed by atoms with Gasteiger partial charge in [-0.05, 0) is 43.4 Å². The Hall–Kier alpha value is -0.730. The molecule has 20 heavy (non-hydrogen) atoms. The monoisotopic (exact) mass is 279 g/mol. The van der Waals surface area contributed by atoms with Gasteiger partial charge in [0.05, 0.1) is 0 Å². The summed E-state index contributed by atoms with van der Waals surface area (Å²) in [6.07, 6.45) is 9.51. The molecule has 114 valence electrons. The van der Waals surface area contributed by atoms with Crippen molar-refractivity contribution in [2.24, 2.45) is 16.7 Å². The van der Waals surface area contributed by atoms with Crippen molar-refractivity contribution in [1.29, 1.82) is 0 Å². The summed E-state index contributed by atoms with van der Waals surface area (Å²) in [5.74, 6) is 0.722. The van der Waals surface area contributed by atoms with Gasteiger partial charge >= 0.3 is 6.09 Å². The summed E-state index contributed by atoms with van der Waals surface area (Å²) in [5, 5.41) is 3.09. The topological polar surface area (TPSA) is 38.3 Å². The summed E-state index contributed by atoms with van der Waals surface area (Å²) in [5.41, 5.74) is 0.477. The maximum Gasteiger partial charge on any atom is 0.407 e. The number of amides is 1. The molecule has 3 aliphatic carbocycles. The third-order valence-electron chi connectivity index (χ3n) is 6.89. The summed E-state index contributed by atoms with van der Waals surface area (Å²) >= 11 is 0. The molecule has 2 bridgehead atoms. The molecule has 3 aliphatic rings. The van der Waals surface area contributed by atoms with Gasteiger partial charge in [0.1, 0.15) is 6.10 Å². The number of hydrogen-bond donors (Lipinski definition) is 1. The average Bonchev–Trinajstić information content (AvgIpc) is 2.73. The Labute approximate surface area is 122 Å². The molecule has 3 atom stereocenters. The van der Waals surface area contributed by atoms with Crippen LogP contribution in [0.25, 0.3) is 0 Å².